The van der Waals surface area contributed by atoms with Gasteiger partial charge in [-0.15, -0.1) is 0 Å². The number of hydrogen-bond acceptors (Lipinski definition) is 3. The minimum absolute atomic E-state index is 0.0750. The summed E-state index contributed by atoms with van der Waals surface area (Å²) in [5.41, 5.74) is 0.0137. The van der Waals surface area contributed by atoms with E-state index in [9.17, 15) is 9.59 Å². The van der Waals surface area contributed by atoms with E-state index in [4.69, 9.17) is 11.6 Å². The molecule has 2 rings (SSSR count). The predicted molar refractivity (Wildman–Crippen MR) is 88.1 cm³/mol. The van der Waals surface area contributed by atoms with Gasteiger partial charge in [0.1, 0.15) is 5.84 Å². The van der Waals surface area contributed by atoms with Crippen LogP contribution in [0.4, 0.5) is 0 Å². The molecule has 1 amide bonds. The minimum atomic E-state index is -0.544. The van der Waals surface area contributed by atoms with Crippen LogP contribution in [-0.2, 0) is 4.79 Å². The van der Waals surface area contributed by atoms with Crippen LogP contribution in [0.25, 0.3) is 0 Å². The monoisotopic (exact) mass is 318 g/mol. The Morgan fingerprint density at radius 2 is 1.86 bits per heavy atom. The van der Waals surface area contributed by atoms with Gasteiger partial charge in [-0.3, -0.25) is 9.59 Å². The lowest BCUT2D eigenvalue weighted by Gasteiger charge is -2.23. The van der Waals surface area contributed by atoms with Crippen molar-refractivity contribution in [2.45, 2.75) is 27.2 Å². The molecule has 1 aromatic carbocycles. The van der Waals surface area contributed by atoms with E-state index in [1.54, 1.807) is 30.5 Å². The second-order valence-electron chi connectivity index (χ2n) is 6.26. The SMILES string of the molecule is CC(C)(C)C(=O)NC1=NC=CCC1C(=O)c1ccc(Cl)cc1. The molecule has 0 fully saturated rings. The maximum atomic E-state index is 12.6. The van der Waals surface area contributed by atoms with Gasteiger partial charge in [0.15, 0.2) is 5.78 Å². The third-order valence-electron chi connectivity index (χ3n) is 3.39. The van der Waals surface area contributed by atoms with Crippen LogP contribution < -0.4 is 5.32 Å². The summed E-state index contributed by atoms with van der Waals surface area (Å²) in [7, 11) is 0. The number of amidine groups is 1. The summed E-state index contributed by atoms with van der Waals surface area (Å²) in [6, 6.07) is 6.73. The Kier molecular flexibility index (Phi) is 4.81. The number of rotatable bonds is 2. The highest BCUT2D eigenvalue weighted by Gasteiger charge is 2.30. The Balaban J connectivity index is 2.20. The van der Waals surface area contributed by atoms with Crippen LogP contribution in [0.15, 0.2) is 41.5 Å². The van der Waals surface area contributed by atoms with Crippen molar-refractivity contribution in [3.8, 4) is 0 Å². The number of nitrogens with one attached hydrogen (secondary N) is 1. The topological polar surface area (TPSA) is 58.5 Å². The van der Waals surface area contributed by atoms with Crippen molar-refractivity contribution in [1.29, 1.82) is 0 Å². The van der Waals surface area contributed by atoms with Crippen LogP contribution in [0, 0.1) is 11.3 Å². The smallest absolute Gasteiger partial charge is 0.230 e. The first-order chi connectivity index (χ1) is 10.3. The number of halogens is 1. The van der Waals surface area contributed by atoms with Gasteiger partial charge in [-0.25, -0.2) is 4.99 Å². The van der Waals surface area contributed by atoms with Crippen molar-refractivity contribution in [1.82, 2.24) is 5.32 Å². The molecule has 0 radical (unpaired) electrons. The van der Waals surface area contributed by atoms with Crippen molar-refractivity contribution in [3.63, 3.8) is 0 Å². The summed E-state index contributed by atoms with van der Waals surface area (Å²) in [4.78, 5) is 29.0. The predicted octanol–water partition coefficient (Wildman–Crippen LogP) is 3.62. The maximum Gasteiger partial charge on any atom is 0.230 e. The number of amides is 1. The number of aliphatic imine (C=N–C) groups is 1. The summed E-state index contributed by atoms with van der Waals surface area (Å²) in [6.07, 6.45) is 3.96. The van der Waals surface area contributed by atoms with Gasteiger partial charge in [-0.05, 0) is 30.7 Å². The van der Waals surface area contributed by atoms with Crippen LogP contribution >= 0.6 is 11.6 Å². The molecule has 1 unspecified atom stereocenters. The number of benzene rings is 1. The van der Waals surface area contributed by atoms with E-state index in [-0.39, 0.29) is 11.7 Å². The molecule has 1 aliphatic rings. The number of ketones is 1. The quantitative estimate of drug-likeness (QED) is 0.847. The highest BCUT2D eigenvalue weighted by atomic mass is 35.5. The summed E-state index contributed by atoms with van der Waals surface area (Å²) >= 11 is 5.85. The van der Waals surface area contributed by atoms with Crippen molar-refractivity contribution < 1.29 is 9.59 Å². The standard InChI is InChI=1S/C17H19ClN2O2/c1-17(2,3)16(22)20-15-13(5-4-10-19-15)14(21)11-6-8-12(18)9-7-11/h4,6-10,13H,5H2,1-3H3,(H,19,20,22). The van der Waals surface area contributed by atoms with E-state index in [0.29, 0.717) is 22.8 Å². The van der Waals surface area contributed by atoms with Crippen LogP contribution in [0.5, 0.6) is 0 Å². The second-order valence-corrected chi connectivity index (χ2v) is 6.70. The Morgan fingerprint density at radius 1 is 1.23 bits per heavy atom. The molecule has 0 aromatic heterocycles. The molecular formula is C17H19ClN2O2. The van der Waals surface area contributed by atoms with E-state index >= 15 is 0 Å². The number of Topliss-reactive ketones (excluding diaryl/α,β-unsaturated/α-hetero) is 1. The number of allylic oxidation sites excluding steroid dienone is 1. The fourth-order valence-electron chi connectivity index (χ4n) is 2.00. The lowest BCUT2D eigenvalue weighted by Crippen LogP contribution is -2.44. The van der Waals surface area contributed by atoms with Gasteiger partial charge >= 0.3 is 0 Å². The van der Waals surface area contributed by atoms with Gasteiger partial charge in [0, 0.05) is 22.2 Å². The average Bonchev–Trinajstić information content (AvgIpc) is 2.47. The average molecular weight is 319 g/mol. The molecule has 0 aliphatic carbocycles. The Labute approximate surface area is 135 Å². The molecule has 0 saturated carbocycles. The minimum Gasteiger partial charge on any atom is -0.313 e. The third kappa shape index (κ3) is 3.83. The fraction of sp³-hybridized carbons (Fsp3) is 0.353. The first-order valence-electron chi connectivity index (χ1n) is 7.13. The number of nitrogens with zero attached hydrogens (tertiary/aromatic N) is 1. The van der Waals surface area contributed by atoms with Gasteiger partial charge in [0.2, 0.25) is 5.91 Å². The summed E-state index contributed by atoms with van der Waals surface area (Å²) in [6.45, 7) is 5.45. The van der Waals surface area contributed by atoms with Crippen LogP contribution in [0.1, 0.15) is 37.6 Å². The first kappa shape index (κ1) is 16.4. The Hall–Kier alpha value is -1.94. The summed E-state index contributed by atoms with van der Waals surface area (Å²) in [5.74, 6) is -0.302. The van der Waals surface area contributed by atoms with E-state index < -0.39 is 11.3 Å². The van der Waals surface area contributed by atoms with Crippen LogP contribution in [-0.4, -0.2) is 17.5 Å². The lowest BCUT2D eigenvalue weighted by molar-refractivity contribution is -0.127. The van der Waals surface area contributed by atoms with E-state index in [2.05, 4.69) is 10.3 Å². The number of hydrogen-bond donors (Lipinski definition) is 1. The zero-order valence-corrected chi connectivity index (χ0v) is 13.6. The number of carbonyl (C=O) groups excluding carboxylic acids is 2. The third-order valence-corrected chi connectivity index (χ3v) is 3.64. The van der Waals surface area contributed by atoms with Gasteiger partial charge < -0.3 is 5.32 Å². The summed E-state index contributed by atoms with van der Waals surface area (Å²) in [5, 5.41) is 3.36. The highest BCUT2D eigenvalue weighted by molar-refractivity contribution is 6.30. The summed E-state index contributed by atoms with van der Waals surface area (Å²) < 4.78 is 0. The van der Waals surface area contributed by atoms with Gasteiger partial charge in [0.05, 0.1) is 5.92 Å². The Morgan fingerprint density at radius 3 is 2.45 bits per heavy atom. The number of carbonyl (C=O) groups is 2. The largest absolute Gasteiger partial charge is 0.313 e. The molecule has 0 saturated heterocycles. The van der Waals surface area contributed by atoms with Crippen LogP contribution in [0.2, 0.25) is 5.02 Å². The van der Waals surface area contributed by atoms with E-state index in [1.165, 1.54) is 0 Å². The van der Waals surface area contributed by atoms with Crippen molar-refractivity contribution in [2.24, 2.45) is 16.3 Å². The van der Waals surface area contributed by atoms with E-state index in [1.807, 2.05) is 26.8 Å². The molecule has 1 N–H and O–H groups in total. The first-order valence-corrected chi connectivity index (χ1v) is 7.51. The second kappa shape index (κ2) is 6.44. The molecular weight excluding hydrogens is 300 g/mol. The van der Waals surface area contributed by atoms with Crippen molar-refractivity contribution >= 4 is 29.1 Å². The maximum absolute atomic E-state index is 12.6. The Bertz CT molecular complexity index is 640. The molecule has 0 spiro atoms. The molecule has 4 nitrogen and oxygen atoms in total. The molecule has 1 aromatic rings. The van der Waals surface area contributed by atoms with Gasteiger partial charge in [-0.2, -0.15) is 0 Å². The van der Waals surface area contributed by atoms with Crippen molar-refractivity contribution in [2.75, 3.05) is 0 Å². The van der Waals surface area contributed by atoms with Gasteiger partial charge in [-0.1, -0.05) is 38.4 Å². The van der Waals surface area contributed by atoms with Crippen molar-refractivity contribution in [3.05, 3.63) is 47.1 Å². The van der Waals surface area contributed by atoms with Gasteiger partial charge in [0.25, 0.3) is 0 Å². The van der Waals surface area contributed by atoms with Crippen LogP contribution in [0.3, 0.4) is 0 Å². The molecule has 0 bridgehead atoms. The molecule has 22 heavy (non-hydrogen) atoms. The zero-order valence-electron chi connectivity index (χ0n) is 12.9. The zero-order chi connectivity index (χ0) is 16.3. The highest BCUT2D eigenvalue weighted by Crippen LogP contribution is 2.21. The molecule has 1 aliphatic heterocycles. The van der Waals surface area contributed by atoms with E-state index in [0.717, 1.165) is 0 Å². The normalized spacial score (nSPS) is 17.8. The molecule has 1 atom stereocenters. The molecule has 5 heteroatoms. The lowest BCUT2D eigenvalue weighted by atomic mass is 9.90. The molecule has 1 heterocycles. The fourth-order valence-corrected chi connectivity index (χ4v) is 2.13. The molecule has 116 valence electrons.